The highest BCUT2D eigenvalue weighted by molar-refractivity contribution is 5.77. The van der Waals surface area contributed by atoms with Crippen LogP contribution in [0.5, 0.6) is 5.88 Å². The number of ether oxygens (including phenoxy) is 1. The Balaban J connectivity index is 1.89. The average molecular weight is 344 g/mol. The zero-order valence-corrected chi connectivity index (χ0v) is 14.9. The number of likely N-dealkylation sites (tertiary alicyclic amines) is 1. The van der Waals surface area contributed by atoms with Crippen LogP contribution in [-0.2, 0) is 4.79 Å². The van der Waals surface area contributed by atoms with Crippen LogP contribution in [0.25, 0.3) is 11.4 Å². The van der Waals surface area contributed by atoms with Crippen molar-refractivity contribution >= 4 is 5.91 Å². The summed E-state index contributed by atoms with van der Waals surface area (Å²) < 4.78 is 10.7. The third-order valence-electron chi connectivity index (χ3n) is 4.36. The molecule has 1 amide bonds. The van der Waals surface area contributed by atoms with Gasteiger partial charge in [0.15, 0.2) is 0 Å². The van der Waals surface area contributed by atoms with Crippen LogP contribution in [0.1, 0.15) is 51.5 Å². The first-order valence-corrected chi connectivity index (χ1v) is 8.72. The van der Waals surface area contributed by atoms with Crippen molar-refractivity contribution in [2.24, 2.45) is 5.92 Å². The summed E-state index contributed by atoms with van der Waals surface area (Å²) in [5.41, 5.74) is 0.773. The van der Waals surface area contributed by atoms with E-state index in [4.69, 9.17) is 9.26 Å². The lowest BCUT2D eigenvalue weighted by Gasteiger charge is -2.33. The molecule has 7 heteroatoms. The summed E-state index contributed by atoms with van der Waals surface area (Å²) in [5.74, 6) is 2.05. The van der Waals surface area contributed by atoms with Crippen LogP contribution in [0.2, 0.25) is 0 Å². The van der Waals surface area contributed by atoms with Crippen LogP contribution in [-0.4, -0.2) is 39.6 Å². The molecule has 0 aromatic carbocycles. The highest BCUT2D eigenvalue weighted by Crippen LogP contribution is 2.31. The number of nitrogens with zero attached hydrogens (tertiary/aromatic N) is 4. The number of carbonyl (C=O) groups excluding carboxylic acids is 1. The molecule has 25 heavy (non-hydrogen) atoms. The molecule has 0 radical (unpaired) electrons. The van der Waals surface area contributed by atoms with Crippen LogP contribution >= 0.6 is 0 Å². The maximum atomic E-state index is 12.4. The molecule has 0 aliphatic carbocycles. The lowest BCUT2D eigenvalue weighted by atomic mass is 9.99. The summed E-state index contributed by atoms with van der Waals surface area (Å²) >= 11 is 0. The molecule has 1 fully saturated rings. The zero-order valence-electron chi connectivity index (χ0n) is 14.9. The van der Waals surface area contributed by atoms with Gasteiger partial charge in [-0.15, -0.1) is 0 Å². The lowest BCUT2D eigenvalue weighted by molar-refractivity contribution is -0.137. The fourth-order valence-electron chi connectivity index (χ4n) is 3.11. The Kier molecular flexibility index (Phi) is 5.31. The monoisotopic (exact) mass is 344 g/mol. The van der Waals surface area contributed by atoms with E-state index in [2.05, 4.69) is 29.0 Å². The van der Waals surface area contributed by atoms with Crippen LogP contribution in [0.4, 0.5) is 0 Å². The van der Waals surface area contributed by atoms with Gasteiger partial charge in [-0.25, -0.2) is 4.98 Å². The predicted molar refractivity (Wildman–Crippen MR) is 91.8 cm³/mol. The topological polar surface area (TPSA) is 81.4 Å². The van der Waals surface area contributed by atoms with E-state index >= 15 is 0 Å². The maximum absolute atomic E-state index is 12.4. The summed E-state index contributed by atoms with van der Waals surface area (Å²) in [4.78, 5) is 22.9. The normalized spacial score (nSPS) is 16.3. The summed E-state index contributed by atoms with van der Waals surface area (Å²) in [6.45, 7) is 5.01. The number of pyridine rings is 1. The molecule has 0 unspecified atom stereocenters. The molecular weight excluding hydrogens is 320 g/mol. The quantitative estimate of drug-likeness (QED) is 0.800. The first-order valence-electron chi connectivity index (χ1n) is 8.72. The Morgan fingerprint density at radius 3 is 2.92 bits per heavy atom. The molecule has 1 saturated heterocycles. The standard InChI is InChI=1S/C18H24N4O3/c1-12(2)10-14(22-9-5-4-6-16(22)23)18-20-17(21-25-18)13-7-8-19-15(11-13)24-3/h7-8,11-12,14H,4-6,9-10H2,1-3H3/t14-/m1/s1. The molecule has 0 bridgehead atoms. The first-order chi connectivity index (χ1) is 12.1. The van der Waals surface area contributed by atoms with Gasteiger partial charge < -0.3 is 14.2 Å². The van der Waals surface area contributed by atoms with E-state index in [-0.39, 0.29) is 11.9 Å². The van der Waals surface area contributed by atoms with Gasteiger partial charge in [-0.1, -0.05) is 19.0 Å². The molecule has 1 atom stereocenters. The van der Waals surface area contributed by atoms with Gasteiger partial charge in [0.25, 0.3) is 0 Å². The molecule has 2 aromatic heterocycles. The van der Waals surface area contributed by atoms with Crippen molar-refractivity contribution in [1.29, 1.82) is 0 Å². The molecule has 0 saturated carbocycles. The Morgan fingerprint density at radius 2 is 2.20 bits per heavy atom. The van der Waals surface area contributed by atoms with Crippen molar-refractivity contribution in [3.63, 3.8) is 0 Å². The Labute approximate surface area is 147 Å². The first kappa shape index (κ1) is 17.4. The van der Waals surface area contributed by atoms with E-state index in [1.807, 2.05) is 4.90 Å². The number of rotatable bonds is 6. The van der Waals surface area contributed by atoms with Crippen molar-refractivity contribution in [2.75, 3.05) is 13.7 Å². The third-order valence-corrected chi connectivity index (χ3v) is 4.36. The van der Waals surface area contributed by atoms with E-state index < -0.39 is 0 Å². The van der Waals surface area contributed by atoms with Gasteiger partial charge >= 0.3 is 0 Å². The van der Waals surface area contributed by atoms with Gasteiger partial charge in [-0.05, 0) is 31.2 Å². The van der Waals surface area contributed by atoms with Crippen molar-refractivity contribution in [3.8, 4) is 17.3 Å². The van der Waals surface area contributed by atoms with Gasteiger partial charge in [-0.3, -0.25) is 4.79 Å². The molecule has 0 spiro atoms. The SMILES string of the molecule is COc1cc(-c2noc([C@@H](CC(C)C)N3CCCCC3=O)n2)ccn1. The fourth-order valence-corrected chi connectivity index (χ4v) is 3.11. The number of hydrogen-bond donors (Lipinski definition) is 0. The number of aromatic nitrogens is 3. The molecule has 0 N–H and O–H groups in total. The minimum Gasteiger partial charge on any atom is -0.481 e. The number of piperidine rings is 1. The molecule has 134 valence electrons. The van der Waals surface area contributed by atoms with Crippen LogP contribution in [0.3, 0.4) is 0 Å². The number of amides is 1. The average Bonchev–Trinajstić information content (AvgIpc) is 3.10. The highest BCUT2D eigenvalue weighted by atomic mass is 16.5. The second-order valence-corrected chi connectivity index (χ2v) is 6.73. The molecule has 1 aliphatic rings. The Hall–Kier alpha value is -2.44. The van der Waals surface area contributed by atoms with Crippen LogP contribution < -0.4 is 4.74 Å². The zero-order chi connectivity index (χ0) is 17.8. The smallest absolute Gasteiger partial charge is 0.249 e. The molecule has 7 nitrogen and oxygen atoms in total. The van der Waals surface area contributed by atoms with Crippen molar-refractivity contribution in [3.05, 3.63) is 24.2 Å². The second kappa shape index (κ2) is 7.63. The lowest BCUT2D eigenvalue weighted by Crippen LogP contribution is -2.39. The second-order valence-electron chi connectivity index (χ2n) is 6.73. The molecule has 2 aromatic rings. The number of methoxy groups -OCH3 is 1. The van der Waals surface area contributed by atoms with E-state index in [9.17, 15) is 4.79 Å². The summed E-state index contributed by atoms with van der Waals surface area (Å²) in [7, 11) is 1.56. The van der Waals surface area contributed by atoms with Gasteiger partial charge in [0.05, 0.1) is 7.11 Å². The predicted octanol–water partition coefficient (Wildman–Crippen LogP) is 3.24. The fraction of sp³-hybridized carbons (Fsp3) is 0.556. The van der Waals surface area contributed by atoms with E-state index in [0.29, 0.717) is 29.9 Å². The Bertz CT molecular complexity index is 729. The summed E-state index contributed by atoms with van der Waals surface area (Å²) in [6.07, 6.45) is 5.01. The summed E-state index contributed by atoms with van der Waals surface area (Å²) in [6, 6.07) is 3.40. The molecular formula is C18H24N4O3. The minimum absolute atomic E-state index is 0.169. The number of carbonyl (C=O) groups is 1. The largest absolute Gasteiger partial charge is 0.481 e. The highest BCUT2D eigenvalue weighted by Gasteiger charge is 2.32. The summed E-state index contributed by atoms with van der Waals surface area (Å²) in [5, 5.41) is 4.10. The van der Waals surface area contributed by atoms with E-state index in [1.165, 1.54) is 0 Å². The van der Waals surface area contributed by atoms with Gasteiger partial charge in [0, 0.05) is 30.8 Å². The third kappa shape index (κ3) is 3.97. The minimum atomic E-state index is -0.169. The maximum Gasteiger partial charge on any atom is 0.249 e. The van der Waals surface area contributed by atoms with Crippen LogP contribution in [0, 0.1) is 5.92 Å². The van der Waals surface area contributed by atoms with Gasteiger partial charge in [0.1, 0.15) is 6.04 Å². The van der Waals surface area contributed by atoms with Crippen molar-refractivity contribution in [2.45, 2.75) is 45.6 Å². The van der Waals surface area contributed by atoms with Gasteiger partial charge in [0.2, 0.25) is 23.5 Å². The molecule has 3 rings (SSSR count). The van der Waals surface area contributed by atoms with E-state index in [0.717, 1.165) is 31.4 Å². The van der Waals surface area contributed by atoms with Crippen molar-refractivity contribution < 1.29 is 14.1 Å². The Morgan fingerprint density at radius 1 is 1.36 bits per heavy atom. The van der Waals surface area contributed by atoms with Crippen LogP contribution in [0.15, 0.2) is 22.9 Å². The van der Waals surface area contributed by atoms with E-state index in [1.54, 1.807) is 25.4 Å². The number of hydrogen-bond acceptors (Lipinski definition) is 6. The van der Waals surface area contributed by atoms with Crippen molar-refractivity contribution in [1.82, 2.24) is 20.0 Å². The molecule has 1 aliphatic heterocycles. The molecule has 3 heterocycles. The van der Waals surface area contributed by atoms with Gasteiger partial charge in [-0.2, -0.15) is 4.98 Å².